The quantitative estimate of drug-likeness (QED) is 0.818. The van der Waals surface area contributed by atoms with Crippen LogP contribution in [0.1, 0.15) is 12.8 Å². The second-order valence-corrected chi connectivity index (χ2v) is 4.79. The molecule has 90 valence electrons. The predicted molar refractivity (Wildman–Crippen MR) is 71.5 cm³/mol. The number of rotatable bonds is 4. The van der Waals surface area contributed by atoms with Crippen LogP contribution in [0.3, 0.4) is 0 Å². The minimum Gasteiger partial charge on any atom is -0.481 e. The Morgan fingerprint density at radius 1 is 1.53 bits per heavy atom. The van der Waals surface area contributed by atoms with Gasteiger partial charge in [0.2, 0.25) is 0 Å². The molecule has 0 fully saturated rings. The lowest BCUT2D eigenvalue weighted by Gasteiger charge is -2.02. The van der Waals surface area contributed by atoms with Crippen molar-refractivity contribution in [1.29, 1.82) is 0 Å². The number of halogens is 1. The second kappa shape index (κ2) is 4.86. The smallest absolute Gasteiger partial charge is 0.303 e. The van der Waals surface area contributed by atoms with E-state index < -0.39 is 5.97 Å². The van der Waals surface area contributed by atoms with Gasteiger partial charge in [0.25, 0.3) is 0 Å². The van der Waals surface area contributed by atoms with Crippen molar-refractivity contribution in [3.8, 4) is 0 Å². The van der Waals surface area contributed by atoms with Crippen molar-refractivity contribution in [3.63, 3.8) is 0 Å². The Balaban J connectivity index is 2.29. The number of anilines is 1. The summed E-state index contributed by atoms with van der Waals surface area (Å²) in [6.45, 7) is 0.613. The van der Waals surface area contributed by atoms with Crippen LogP contribution in [0.15, 0.2) is 12.5 Å². The topological polar surface area (TPSA) is 94.0 Å². The Morgan fingerprint density at radius 2 is 2.29 bits per heavy atom. The summed E-state index contributed by atoms with van der Waals surface area (Å²) >= 11 is 2.17. The van der Waals surface area contributed by atoms with Gasteiger partial charge in [-0.15, -0.1) is 0 Å². The average molecular weight is 346 g/mol. The Bertz CT molecular complexity index is 567. The molecule has 0 aliphatic carbocycles. The van der Waals surface area contributed by atoms with Crippen molar-refractivity contribution < 1.29 is 9.90 Å². The normalized spacial score (nSPS) is 10.9. The summed E-state index contributed by atoms with van der Waals surface area (Å²) in [4.78, 5) is 18.6. The number of nitrogens with two attached hydrogens (primary N) is 1. The van der Waals surface area contributed by atoms with E-state index in [2.05, 4.69) is 32.6 Å². The van der Waals surface area contributed by atoms with Gasteiger partial charge in [0, 0.05) is 22.7 Å². The van der Waals surface area contributed by atoms with E-state index in [9.17, 15) is 4.79 Å². The molecular formula is C10H11IN4O2. The highest BCUT2D eigenvalue weighted by atomic mass is 127. The highest BCUT2D eigenvalue weighted by Gasteiger charge is 2.11. The van der Waals surface area contributed by atoms with Crippen molar-refractivity contribution in [2.75, 3.05) is 5.73 Å². The molecule has 6 nitrogen and oxygen atoms in total. The molecular weight excluding hydrogens is 335 g/mol. The summed E-state index contributed by atoms with van der Waals surface area (Å²) in [5, 5.41) is 9.43. The number of carboxylic acid groups (broad SMARTS) is 1. The largest absolute Gasteiger partial charge is 0.481 e. The summed E-state index contributed by atoms with van der Waals surface area (Å²) in [5.74, 6) is -0.332. The molecule has 2 aromatic rings. The number of hydrogen-bond acceptors (Lipinski definition) is 4. The molecule has 0 atom stereocenters. The van der Waals surface area contributed by atoms with Crippen LogP contribution in [0, 0.1) is 3.57 Å². The van der Waals surface area contributed by atoms with Gasteiger partial charge in [0.05, 0.1) is 5.39 Å². The van der Waals surface area contributed by atoms with E-state index in [1.807, 2.05) is 10.8 Å². The number of hydrogen-bond donors (Lipinski definition) is 2. The van der Waals surface area contributed by atoms with E-state index >= 15 is 0 Å². The third kappa shape index (κ3) is 2.48. The number of nitrogen functional groups attached to an aromatic ring is 1. The first kappa shape index (κ1) is 12.1. The molecule has 17 heavy (non-hydrogen) atoms. The zero-order valence-corrected chi connectivity index (χ0v) is 11.1. The van der Waals surface area contributed by atoms with Crippen molar-refractivity contribution in [2.45, 2.75) is 19.4 Å². The SMILES string of the molecule is Nc1ncnc2c1c(I)cn2CCCC(=O)O. The highest BCUT2D eigenvalue weighted by Crippen LogP contribution is 2.25. The summed E-state index contributed by atoms with van der Waals surface area (Å²) in [6.07, 6.45) is 4.05. The second-order valence-electron chi connectivity index (χ2n) is 3.63. The van der Waals surface area contributed by atoms with Gasteiger partial charge in [0.15, 0.2) is 0 Å². The molecule has 0 amide bonds. The first-order valence-electron chi connectivity index (χ1n) is 5.06. The molecule has 2 aromatic heterocycles. The fourth-order valence-electron chi connectivity index (χ4n) is 1.67. The maximum Gasteiger partial charge on any atom is 0.303 e. The third-order valence-electron chi connectivity index (χ3n) is 2.43. The Hall–Kier alpha value is -1.38. The standard InChI is InChI=1S/C10H11IN4O2/c11-6-4-15(3-1-2-7(16)17)10-8(6)9(12)13-5-14-10/h4-5H,1-3H2,(H,16,17)(H2,12,13,14). The molecule has 3 N–H and O–H groups in total. The number of nitrogens with zero attached hydrogens (tertiary/aromatic N) is 3. The molecule has 0 bridgehead atoms. The minimum absolute atomic E-state index is 0.150. The Kier molecular flexibility index (Phi) is 3.46. The predicted octanol–water partition coefficient (Wildman–Crippen LogP) is 1.48. The Labute approximate surface area is 111 Å². The lowest BCUT2D eigenvalue weighted by Crippen LogP contribution is -2.02. The van der Waals surface area contributed by atoms with Crippen LogP contribution in [-0.2, 0) is 11.3 Å². The number of aromatic nitrogens is 3. The molecule has 0 saturated carbocycles. The summed E-state index contributed by atoms with van der Waals surface area (Å²) < 4.78 is 2.89. The van der Waals surface area contributed by atoms with Gasteiger partial charge in [-0.05, 0) is 29.0 Å². The molecule has 0 aliphatic heterocycles. The van der Waals surface area contributed by atoms with Gasteiger partial charge in [-0.1, -0.05) is 0 Å². The first-order valence-corrected chi connectivity index (χ1v) is 6.14. The van der Waals surface area contributed by atoms with Gasteiger partial charge in [-0.2, -0.15) is 0 Å². The maximum atomic E-state index is 10.5. The summed E-state index contributed by atoms with van der Waals surface area (Å²) in [5.41, 5.74) is 6.54. The van der Waals surface area contributed by atoms with Crippen LogP contribution in [0.25, 0.3) is 11.0 Å². The van der Waals surface area contributed by atoms with E-state index in [1.165, 1.54) is 6.33 Å². The molecule has 0 unspecified atom stereocenters. The molecule has 0 radical (unpaired) electrons. The monoisotopic (exact) mass is 346 g/mol. The van der Waals surface area contributed by atoms with Crippen LogP contribution in [0.2, 0.25) is 0 Å². The Morgan fingerprint density at radius 3 is 3.00 bits per heavy atom. The van der Waals surface area contributed by atoms with Gasteiger partial charge in [-0.25, -0.2) is 9.97 Å². The number of aliphatic carboxylic acids is 1. The molecule has 2 heterocycles. The van der Waals surface area contributed by atoms with Crippen LogP contribution in [0.5, 0.6) is 0 Å². The van der Waals surface area contributed by atoms with E-state index in [4.69, 9.17) is 10.8 Å². The van der Waals surface area contributed by atoms with E-state index in [0.29, 0.717) is 18.8 Å². The lowest BCUT2D eigenvalue weighted by molar-refractivity contribution is -0.137. The number of aryl methyl sites for hydroxylation is 1. The number of carbonyl (C=O) groups is 1. The molecule has 0 spiro atoms. The molecule has 2 rings (SSSR count). The van der Waals surface area contributed by atoms with Crippen LogP contribution < -0.4 is 5.73 Å². The summed E-state index contributed by atoms with van der Waals surface area (Å²) in [6, 6.07) is 0. The fourth-order valence-corrected chi connectivity index (χ4v) is 2.52. The first-order chi connectivity index (χ1) is 8.09. The zero-order valence-electron chi connectivity index (χ0n) is 8.93. The van der Waals surface area contributed by atoms with Gasteiger partial charge < -0.3 is 15.4 Å². The highest BCUT2D eigenvalue weighted by molar-refractivity contribution is 14.1. The maximum absolute atomic E-state index is 10.5. The van der Waals surface area contributed by atoms with Gasteiger partial charge in [-0.3, -0.25) is 4.79 Å². The average Bonchev–Trinajstić information content (AvgIpc) is 2.57. The van der Waals surface area contributed by atoms with Crippen molar-refractivity contribution in [1.82, 2.24) is 14.5 Å². The lowest BCUT2D eigenvalue weighted by atomic mass is 10.3. The van der Waals surface area contributed by atoms with Crippen molar-refractivity contribution in [2.24, 2.45) is 0 Å². The number of fused-ring (bicyclic) bond motifs is 1. The van der Waals surface area contributed by atoms with Crippen LogP contribution in [-0.4, -0.2) is 25.6 Å². The summed E-state index contributed by atoms with van der Waals surface area (Å²) in [7, 11) is 0. The van der Waals surface area contributed by atoms with Crippen molar-refractivity contribution >= 4 is 45.4 Å². The van der Waals surface area contributed by atoms with Crippen LogP contribution in [0.4, 0.5) is 5.82 Å². The van der Waals surface area contributed by atoms with Crippen LogP contribution >= 0.6 is 22.6 Å². The van der Waals surface area contributed by atoms with Gasteiger partial charge >= 0.3 is 5.97 Å². The molecule has 0 saturated heterocycles. The zero-order chi connectivity index (χ0) is 12.4. The van der Waals surface area contributed by atoms with E-state index in [0.717, 1.165) is 14.6 Å². The minimum atomic E-state index is -0.787. The van der Waals surface area contributed by atoms with E-state index in [1.54, 1.807) is 0 Å². The van der Waals surface area contributed by atoms with Crippen molar-refractivity contribution in [3.05, 3.63) is 16.1 Å². The molecule has 0 aliphatic rings. The third-order valence-corrected chi connectivity index (χ3v) is 3.24. The van der Waals surface area contributed by atoms with E-state index in [-0.39, 0.29) is 6.42 Å². The molecule has 0 aromatic carbocycles. The number of carboxylic acids is 1. The molecule has 7 heteroatoms. The fraction of sp³-hybridized carbons (Fsp3) is 0.300. The van der Waals surface area contributed by atoms with Gasteiger partial charge in [0.1, 0.15) is 17.8 Å².